The van der Waals surface area contributed by atoms with Crippen LogP contribution < -0.4 is 4.90 Å². The standard InChI is InChI=1S/C17H19F3N4O2S/c1-4-23(16(26)8-15(17(18,19)20)27-12(3)25)14-10-24(22-11(14)2)13-6-5-7-21-9-13/h5-7,9-10,15H,4,8H2,1-3H3. The highest BCUT2D eigenvalue weighted by atomic mass is 32.2. The minimum absolute atomic E-state index is 0.124. The normalized spacial score (nSPS) is 12.7. The lowest BCUT2D eigenvalue weighted by molar-refractivity contribution is -0.139. The zero-order valence-corrected chi connectivity index (χ0v) is 15.8. The molecule has 0 aliphatic heterocycles. The van der Waals surface area contributed by atoms with Crippen molar-refractivity contribution in [3.05, 3.63) is 36.4 Å². The Bertz CT molecular complexity index is 808. The number of aryl methyl sites for hydroxylation is 1. The number of carbonyl (C=O) groups is 2. The second kappa shape index (κ2) is 8.55. The first-order chi connectivity index (χ1) is 12.6. The Morgan fingerprint density at radius 1 is 1.37 bits per heavy atom. The van der Waals surface area contributed by atoms with Crippen molar-refractivity contribution in [2.75, 3.05) is 11.4 Å². The van der Waals surface area contributed by atoms with E-state index in [2.05, 4.69) is 10.1 Å². The van der Waals surface area contributed by atoms with E-state index in [1.165, 1.54) is 9.58 Å². The number of amides is 1. The van der Waals surface area contributed by atoms with Crippen LogP contribution >= 0.6 is 11.8 Å². The van der Waals surface area contributed by atoms with Crippen molar-refractivity contribution in [2.45, 2.75) is 38.6 Å². The van der Waals surface area contributed by atoms with Crippen LogP contribution in [0.4, 0.5) is 18.9 Å². The second-order valence-corrected chi connectivity index (χ2v) is 7.12. The highest BCUT2D eigenvalue weighted by Gasteiger charge is 2.43. The zero-order valence-electron chi connectivity index (χ0n) is 15.0. The van der Waals surface area contributed by atoms with E-state index in [-0.39, 0.29) is 18.3 Å². The van der Waals surface area contributed by atoms with E-state index in [1.54, 1.807) is 44.6 Å². The molecule has 0 spiro atoms. The number of thioether (sulfide) groups is 1. The predicted octanol–water partition coefficient (Wildman–Crippen LogP) is 3.53. The average Bonchev–Trinajstić information content (AvgIpc) is 2.96. The van der Waals surface area contributed by atoms with E-state index in [4.69, 9.17) is 0 Å². The van der Waals surface area contributed by atoms with Gasteiger partial charge in [-0.2, -0.15) is 18.3 Å². The van der Waals surface area contributed by atoms with Crippen molar-refractivity contribution < 1.29 is 22.8 Å². The van der Waals surface area contributed by atoms with Crippen molar-refractivity contribution in [1.29, 1.82) is 0 Å². The van der Waals surface area contributed by atoms with Gasteiger partial charge in [-0.15, -0.1) is 0 Å². The number of pyridine rings is 1. The lowest BCUT2D eigenvalue weighted by atomic mass is 10.2. The summed E-state index contributed by atoms with van der Waals surface area (Å²) in [6.07, 6.45) is -0.710. The third kappa shape index (κ3) is 5.31. The molecule has 1 atom stereocenters. The molecule has 0 radical (unpaired) electrons. The smallest absolute Gasteiger partial charge is 0.310 e. The quantitative estimate of drug-likeness (QED) is 0.742. The fourth-order valence-electron chi connectivity index (χ4n) is 2.51. The monoisotopic (exact) mass is 400 g/mol. The summed E-state index contributed by atoms with van der Waals surface area (Å²) in [6.45, 7) is 4.56. The fourth-order valence-corrected chi connectivity index (χ4v) is 3.27. The Balaban J connectivity index is 2.26. The van der Waals surface area contributed by atoms with Gasteiger partial charge in [0.2, 0.25) is 5.91 Å². The topological polar surface area (TPSA) is 68.1 Å². The first kappa shape index (κ1) is 20.9. The minimum Gasteiger partial charge on any atom is -0.310 e. The summed E-state index contributed by atoms with van der Waals surface area (Å²) < 4.78 is 41.0. The number of hydrogen-bond acceptors (Lipinski definition) is 5. The summed E-state index contributed by atoms with van der Waals surface area (Å²) in [5, 5.41) is 1.54. The zero-order chi connectivity index (χ0) is 20.2. The van der Waals surface area contributed by atoms with Crippen molar-refractivity contribution in [1.82, 2.24) is 14.8 Å². The molecule has 0 saturated carbocycles. The summed E-state index contributed by atoms with van der Waals surface area (Å²) in [5.74, 6) is -0.720. The summed E-state index contributed by atoms with van der Waals surface area (Å²) >= 11 is 0.124. The molecule has 0 fully saturated rings. The second-order valence-electron chi connectivity index (χ2n) is 5.74. The van der Waals surface area contributed by atoms with Crippen LogP contribution in [0.25, 0.3) is 5.69 Å². The summed E-state index contributed by atoms with van der Waals surface area (Å²) in [5.41, 5.74) is 1.58. The van der Waals surface area contributed by atoms with Crippen LogP contribution in [-0.4, -0.2) is 43.8 Å². The first-order valence-corrected chi connectivity index (χ1v) is 9.02. The van der Waals surface area contributed by atoms with E-state index in [0.29, 0.717) is 17.1 Å². The van der Waals surface area contributed by atoms with Crippen LogP contribution in [0.3, 0.4) is 0 Å². The Morgan fingerprint density at radius 3 is 2.59 bits per heavy atom. The molecule has 2 aromatic heterocycles. The van der Waals surface area contributed by atoms with Gasteiger partial charge in [0.05, 0.1) is 29.5 Å². The molecule has 0 aliphatic carbocycles. The predicted molar refractivity (Wildman–Crippen MR) is 96.9 cm³/mol. The molecule has 2 heterocycles. The lowest BCUT2D eigenvalue weighted by Crippen LogP contribution is -2.37. The number of rotatable bonds is 6. The molecule has 1 amide bonds. The first-order valence-electron chi connectivity index (χ1n) is 8.14. The largest absolute Gasteiger partial charge is 0.401 e. The number of nitrogens with zero attached hydrogens (tertiary/aromatic N) is 4. The van der Waals surface area contributed by atoms with Gasteiger partial charge in [0.15, 0.2) is 5.12 Å². The fraction of sp³-hybridized carbons (Fsp3) is 0.412. The molecule has 0 aliphatic rings. The molecular formula is C17H19F3N4O2S. The van der Waals surface area contributed by atoms with Gasteiger partial charge in [0.1, 0.15) is 5.25 Å². The Morgan fingerprint density at radius 2 is 2.07 bits per heavy atom. The molecule has 0 saturated heterocycles. The molecule has 146 valence electrons. The highest BCUT2D eigenvalue weighted by molar-refractivity contribution is 8.14. The maximum atomic E-state index is 13.1. The summed E-state index contributed by atoms with van der Waals surface area (Å²) in [7, 11) is 0. The van der Waals surface area contributed by atoms with Crippen molar-refractivity contribution in [3.63, 3.8) is 0 Å². The SMILES string of the molecule is CCN(C(=O)CC(SC(C)=O)C(F)(F)F)c1cn(-c2cccnc2)nc1C. The molecular weight excluding hydrogens is 381 g/mol. The molecule has 0 N–H and O–H groups in total. The van der Waals surface area contributed by atoms with Gasteiger partial charge in [0, 0.05) is 26.1 Å². The van der Waals surface area contributed by atoms with Gasteiger partial charge in [-0.05, 0) is 26.0 Å². The van der Waals surface area contributed by atoms with Gasteiger partial charge >= 0.3 is 6.18 Å². The third-order valence-electron chi connectivity index (χ3n) is 3.72. The third-order valence-corrected chi connectivity index (χ3v) is 4.78. The Labute approximate surface area is 158 Å². The van der Waals surface area contributed by atoms with Gasteiger partial charge in [0.25, 0.3) is 0 Å². The van der Waals surface area contributed by atoms with Gasteiger partial charge in [-0.1, -0.05) is 11.8 Å². The number of alkyl halides is 3. The summed E-state index contributed by atoms with van der Waals surface area (Å²) in [4.78, 5) is 28.9. The van der Waals surface area contributed by atoms with Crippen LogP contribution in [-0.2, 0) is 9.59 Å². The van der Waals surface area contributed by atoms with E-state index >= 15 is 0 Å². The summed E-state index contributed by atoms with van der Waals surface area (Å²) in [6, 6.07) is 3.49. The van der Waals surface area contributed by atoms with Crippen molar-refractivity contribution in [2.24, 2.45) is 0 Å². The van der Waals surface area contributed by atoms with E-state index in [1.807, 2.05) is 0 Å². The molecule has 1 unspecified atom stereocenters. The van der Waals surface area contributed by atoms with Crippen LogP contribution in [0, 0.1) is 6.92 Å². The van der Waals surface area contributed by atoms with Crippen LogP contribution in [0.15, 0.2) is 30.7 Å². The van der Waals surface area contributed by atoms with E-state index in [9.17, 15) is 22.8 Å². The maximum Gasteiger partial charge on any atom is 0.401 e. The molecule has 0 aromatic carbocycles. The van der Waals surface area contributed by atoms with Gasteiger partial charge < -0.3 is 4.90 Å². The number of anilines is 1. The highest BCUT2D eigenvalue weighted by Crippen LogP contribution is 2.34. The Hall–Kier alpha value is -2.36. The molecule has 27 heavy (non-hydrogen) atoms. The molecule has 6 nitrogen and oxygen atoms in total. The number of halogens is 3. The lowest BCUT2D eigenvalue weighted by Gasteiger charge is -2.24. The van der Waals surface area contributed by atoms with Crippen LogP contribution in [0.1, 0.15) is 26.0 Å². The van der Waals surface area contributed by atoms with E-state index < -0.39 is 28.9 Å². The van der Waals surface area contributed by atoms with Crippen molar-refractivity contribution in [3.8, 4) is 5.69 Å². The molecule has 0 bridgehead atoms. The Kier molecular flexibility index (Phi) is 6.63. The van der Waals surface area contributed by atoms with E-state index in [0.717, 1.165) is 6.92 Å². The number of carbonyl (C=O) groups excluding carboxylic acids is 2. The minimum atomic E-state index is -4.65. The van der Waals surface area contributed by atoms with Gasteiger partial charge in [-0.25, -0.2) is 4.68 Å². The molecule has 2 aromatic rings. The average molecular weight is 400 g/mol. The molecule has 10 heteroatoms. The van der Waals surface area contributed by atoms with Crippen molar-refractivity contribution >= 4 is 28.5 Å². The number of aromatic nitrogens is 3. The molecule has 2 rings (SSSR count). The van der Waals surface area contributed by atoms with Gasteiger partial charge in [-0.3, -0.25) is 14.6 Å². The van der Waals surface area contributed by atoms with Crippen LogP contribution in [0.5, 0.6) is 0 Å². The van der Waals surface area contributed by atoms with Crippen LogP contribution in [0.2, 0.25) is 0 Å². The maximum absolute atomic E-state index is 13.1. The number of hydrogen-bond donors (Lipinski definition) is 0.